The summed E-state index contributed by atoms with van der Waals surface area (Å²) in [6.07, 6.45) is 2.68. The number of methoxy groups -OCH3 is 1. The normalized spacial score (nSPS) is 10.7. The average Bonchev–Trinajstić information content (AvgIpc) is 3.20. The van der Waals surface area contributed by atoms with Crippen molar-refractivity contribution in [2.45, 2.75) is 6.92 Å². The number of rotatable bonds is 6. The lowest BCUT2D eigenvalue weighted by Crippen LogP contribution is -2.35. The number of fused-ring (bicyclic) bond motifs is 1. The molecule has 1 N–H and O–H groups in total. The molecule has 0 saturated carbocycles. The largest absolute Gasteiger partial charge is 0.497 e. The Morgan fingerprint density at radius 2 is 1.77 bits per heavy atom. The second kappa shape index (κ2) is 8.08. The van der Waals surface area contributed by atoms with Crippen LogP contribution in [0.4, 0.5) is 0 Å². The quantitative estimate of drug-likeness (QED) is 0.527. The Morgan fingerprint density at radius 1 is 1.07 bits per heavy atom. The van der Waals surface area contributed by atoms with Crippen molar-refractivity contribution in [3.8, 4) is 17.2 Å². The van der Waals surface area contributed by atoms with E-state index in [2.05, 4.69) is 15.5 Å². The number of benzene rings is 2. The molecule has 0 spiro atoms. The van der Waals surface area contributed by atoms with Gasteiger partial charge in [0.15, 0.2) is 12.3 Å². The number of hydrogen-bond acceptors (Lipinski definition) is 6. The van der Waals surface area contributed by atoms with Gasteiger partial charge in [-0.05, 0) is 43.3 Å². The molecular weight excluding hydrogens is 386 g/mol. The molecule has 2 aromatic carbocycles. The molecule has 9 nitrogen and oxygen atoms in total. The second-order valence-electron chi connectivity index (χ2n) is 6.55. The van der Waals surface area contributed by atoms with E-state index in [1.54, 1.807) is 36.1 Å². The number of aromatic nitrogens is 4. The van der Waals surface area contributed by atoms with E-state index in [0.29, 0.717) is 17.1 Å². The predicted molar refractivity (Wildman–Crippen MR) is 111 cm³/mol. The Hall–Kier alpha value is -4.14. The molecule has 0 saturated heterocycles. The van der Waals surface area contributed by atoms with Gasteiger partial charge in [-0.25, -0.2) is 14.3 Å². The zero-order chi connectivity index (χ0) is 21.1. The van der Waals surface area contributed by atoms with Crippen molar-refractivity contribution >= 4 is 16.9 Å². The molecule has 0 radical (unpaired) electrons. The van der Waals surface area contributed by atoms with Crippen molar-refractivity contribution in [3.63, 3.8) is 0 Å². The molecule has 0 aliphatic rings. The molecule has 4 aromatic rings. The van der Waals surface area contributed by atoms with Gasteiger partial charge in [0.2, 0.25) is 0 Å². The third-order valence-electron chi connectivity index (χ3n) is 4.44. The summed E-state index contributed by atoms with van der Waals surface area (Å²) in [5.41, 5.74) is 4.34. The molecule has 1 amide bonds. The highest BCUT2D eigenvalue weighted by molar-refractivity contribution is 5.85. The number of carbonyl (C=O) groups is 1. The van der Waals surface area contributed by atoms with E-state index in [0.717, 1.165) is 15.9 Å². The van der Waals surface area contributed by atoms with Crippen LogP contribution in [0.2, 0.25) is 0 Å². The zero-order valence-electron chi connectivity index (χ0n) is 16.4. The van der Waals surface area contributed by atoms with Crippen LogP contribution in [0.25, 0.3) is 16.7 Å². The SMILES string of the molecule is COc1ccc(OCC(=O)Nn2cnc3c(cnn3-c3ccc(C)cc3)c2=O)cc1. The van der Waals surface area contributed by atoms with Gasteiger partial charge in [0.05, 0.1) is 19.0 Å². The summed E-state index contributed by atoms with van der Waals surface area (Å²) in [4.78, 5) is 29.2. The van der Waals surface area contributed by atoms with Crippen LogP contribution in [0, 0.1) is 6.92 Å². The first-order valence-corrected chi connectivity index (χ1v) is 9.14. The summed E-state index contributed by atoms with van der Waals surface area (Å²) in [6.45, 7) is 1.72. The third kappa shape index (κ3) is 3.86. The number of hydrogen-bond donors (Lipinski definition) is 1. The van der Waals surface area contributed by atoms with E-state index in [4.69, 9.17) is 9.47 Å². The fraction of sp³-hybridized carbons (Fsp3) is 0.143. The molecule has 0 aliphatic heterocycles. The minimum Gasteiger partial charge on any atom is -0.497 e. The molecular formula is C21H19N5O4. The van der Waals surface area contributed by atoms with Gasteiger partial charge in [-0.1, -0.05) is 17.7 Å². The molecule has 4 rings (SSSR count). The Morgan fingerprint density at radius 3 is 2.47 bits per heavy atom. The van der Waals surface area contributed by atoms with Crippen LogP contribution in [-0.2, 0) is 4.79 Å². The number of nitrogens with zero attached hydrogens (tertiary/aromatic N) is 4. The maximum atomic E-state index is 12.7. The first-order chi connectivity index (χ1) is 14.5. The standard InChI is InChI=1S/C21H19N5O4/c1-14-3-5-15(6-4-14)26-20-18(11-23-26)21(28)25(13-22-20)24-19(27)12-30-17-9-7-16(29-2)8-10-17/h3-11,13H,12H2,1-2H3,(H,24,27). The third-order valence-corrected chi connectivity index (χ3v) is 4.44. The Balaban J connectivity index is 1.49. The molecule has 0 aliphatic carbocycles. The van der Waals surface area contributed by atoms with E-state index >= 15 is 0 Å². The molecule has 0 fully saturated rings. The van der Waals surface area contributed by atoms with Crippen LogP contribution in [0.3, 0.4) is 0 Å². The van der Waals surface area contributed by atoms with Gasteiger partial charge in [0, 0.05) is 0 Å². The van der Waals surface area contributed by atoms with E-state index in [1.165, 1.54) is 12.5 Å². The van der Waals surface area contributed by atoms with Crippen LogP contribution >= 0.6 is 0 Å². The summed E-state index contributed by atoms with van der Waals surface area (Å²) in [5.74, 6) is 0.690. The number of amides is 1. The van der Waals surface area contributed by atoms with Crippen molar-refractivity contribution in [3.05, 3.63) is 77.0 Å². The van der Waals surface area contributed by atoms with Crippen LogP contribution in [0.1, 0.15) is 5.56 Å². The summed E-state index contributed by atoms with van der Waals surface area (Å²) in [7, 11) is 1.57. The van der Waals surface area contributed by atoms with Gasteiger partial charge in [0.25, 0.3) is 11.5 Å². The van der Waals surface area contributed by atoms with Crippen LogP contribution < -0.4 is 20.5 Å². The van der Waals surface area contributed by atoms with E-state index in [-0.39, 0.29) is 12.0 Å². The highest BCUT2D eigenvalue weighted by atomic mass is 16.5. The summed E-state index contributed by atoms with van der Waals surface area (Å²) in [6, 6.07) is 14.5. The Labute approximate surface area is 171 Å². The van der Waals surface area contributed by atoms with Crippen molar-refractivity contribution in [1.82, 2.24) is 19.4 Å². The van der Waals surface area contributed by atoms with Crippen LogP contribution in [0.5, 0.6) is 11.5 Å². The molecule has 30 heavy (non-hydrogen) atoms. The van der Waals surface area contributed by atoms with Gasteiger partial charge in [-0.2, -0.15) is 5.10 Å². The number of aryl methyl sites for hydroxylation is 1. The second-order valence-corrected chi connectivity index (χ2v) is 6.55. The number of carbonyl (C=O) groups excluding carboxylic acids is 1. The van der Waals surface area contributed by atoms with Crippen molar-refractivity contribution in [1.29, 1.82) is 0 Å². The van der Waals surface area contributed by atoms with Gasteiger partial charge >= 0.3 is 0 Å². The Bertz CT molecular complexity index is 1240. The number of nitrogens with one attached hydrogen (secondary N) is 1. The molecule has 2 heterocycles. The molecule has 152 valence electrons. The van der Waals surface area contributed by atoms with Crippen molar-refractivity contribution in [2.24, 2.45) is 0 Å². The monoisotopic (exact) mass is 405 g/mol. The Kier molecular flexibility index (Phi) is 5.17. The van der Waals surface area contributed by atoms with Crippen molar-refractivity contribution < 1.29 is 14.3 Å². The minimum absolute atomic E-state index is 0.264. The number of ether oxygens (including phenoxy) is 2. The van der Waals surface area contributed by atoms with Crippen molar-refractivity contribution in [2.75, 3.05) is 19.1 Å². The highest BCUT2D eigenvalue weighted by Crippen LogP contribution is 2.17. The lowest BCUT2D eigenvalue weighted by Gasteiger charge is -2.10. The van der Waals surface area contributed by atoms with E-state index in [1.807, 2.05) is 31.2 Å². The molecule has 0 unspecified atom stereocenters. The van der Waals surface area contributed by atoms with Gasteiger partial charge in [-0.3, -0.25) is 15.0 Å². The fourth-order valence-electron chi connectivity index (χ4n) is 2.85. The van der Waals surface area contributed by atoms with Gasteiger partial charge < -0.3 is 9.47 Å². The minimum atomic E-state index is -0.500. The molecule has 2 aromatic heterocycles. The fourth-order valence-corrected chi connectivity index (χ4v) is 2.85. The molecule has 0 bridgehead atoms. The van der Waals surface area contributed by atoms with Crippen LogP contribution in [-0.4, -0.2) is 39.1 Å². The maximum Gasteiger partial charge on any atom is 0.283 e. The molecule has 9 heteroatoms. The maximum absolute atomic E-state index is 12.7. The first-order valence-electron chi connectivity index (χ1n) is 9.14. The molecule has 0 atom stereocenters. The topological polar surface area (TPSA) is 100 Å². The van der Waals surface area contributed by atoms with Crippen LogP contribution in [0.15, 0.2) is 65.8 Å². The highest BCUT2D eigenvalue weighted by Gasteiger charge is 2.13. The summed E-state index contributed by atoms with van der Waals surface area (Å²) >= 11 is 0. The zero-order valence-corrected chi connectivity index (χ0v) is 16.4. The van der Waals surface area contributed by atoms with Gasteiger partial charge in [-0.15, -0.1) is 0 Å². The predicted octanol–water partition coefficient (Wildman–Crippen LogP) is 2.05. The lowest BCUT2D eigenvalue weighted by atomic mass is 10.2. The smallest absolute Gasteiger partial charge is 0.283 e. The van der Waals surface area contributed by atoms with E-state index in [9.17, 15) is 9.59 Å². The average molecular weight is 405 g/mol. The summed E-state index contributed by atoms with van der Waals surface area (Å²) < 4.78 is 13.1. The first kappa shape index (κ1) is 19.2. The van der Waals surface area contributed by atoms with Gasteiger partial charge in [0.1, 0.15) is 23.2 Å². The summed E-state index contributed by atoms with van der Waals surface area (Å²) in [5, 5.41) is 4.55. The lowest BCUT2D eigenvalue weighted by molar-refractivity contribution is -0.119. The van der Waals surface area contributed by atoms with E-state index < -0.39 is 11.5 Å².